The number of carbonyl (C=O) groups is 2. The van der Waals surface area contributed by atoms with Crippen LogP contribution in [0.3, 0.4) is 0 Å². The third-order valence-electron chi connectivity index (χ3n) is 3.38. The fraction of sp³-hybridized carbons (Fsp3) is 0.222. The van der Waals surface area contributed by atoms with Crippen LogP contribution in [0, 0.1) is 0 Å². The van der Waals surface area contributed by atoms with E-state index in [9.17, 15) is 9.59 Å². The summed E-state index contributed by atoms with van der Waals surface area (Å²) in [6.45, 7) is 0.714. The minimum absolute atomic E-state index is 0.257. The molecule has 0 aliphatic rings. The third kappa shape index (κ3) is 5.73. The van der Waals surface area contributed by atoms with E-state index in [0.29, 0.717) is 25.2 Å². The smallest absolute Gasteiger partial charge is 0.319 e. The molecule has 3 amide bonds. The first-order valence-electron chi connectivity index (χ1n) is 7.83. The maximum absolute atomic E-state index is 12.3. The van der Waals surface area contributed by atoms with E-state index in [1.54, 1.807) is 12.1 Å². The van der Waals surface area contributed by atoms with Crippen LogP contribution in [0.1, 0.15) is 5.56 Å². The number of benzene rings is 2. The van der Waals surface area contributed by atoms with Gasteiger partial charge in [0.25, 0.3) is 0 Å². The third-order valence-corrected chi connectivity index (χ3v) is 3.38. The van der Waals surface area contributed by atoms with Gasteiger partial charge >= 0.3 is 6.03 Å². The number of carbonyl (C=O) groups excluding carboxylic acids is 2. The second-order valence-corrected chi connectivity index (χ2v) is 5.29. The van der Waals surface area contributed by atoms with Crippen molar-refractivity contribution < 1.29 is 9.59 Å². The van der Waals surface area contributed by atoms with Gasteiger partial charge in [0.05, 0.1) is 0 Å². The lowest BCUT2D eigenvalue weighted by Gasteiger charge is -2.19. The topological polar surface area (TPSA) is 96.2 Å². The molecule has 0 spiro atoms. The molecule has 6 nitrogen and oxygen atoms in total. The summed E-state index contributed by atoms with van der Waals surface area (Å²) < 4.78 is 0. The highest BCUT2D eigenvalue weighted by Gasteiger charge is 2.20. The Kier molecular flexibility index (Phi) is 6.79. The van der Waals surface area contributed by atoms with Gasteiger partial charge in [-0.25, -0.2) is 4.79 Å². The molecule has 0 bridgehead atoms. The summed E-state index contributed by atoms with van der Waals surface area (Å²) in [5.74, 6) is -0.257. The van der Waals surface area contributed by atoms with E-state index >= 15 is 0 Å². The van der Waals surface area contributed by atoms with Crippen molar-refractivity contribution in [2.24, 2.45) is 5.73 Å². The van der Waals surface area contributed by atoms with Crippen LogP contribution in [-0.4, -0.2) is 31.1 Å². The molecule has 0 saturated carbocycles. The summed E-state index contributed by atoms with van der Waals surface area (Å²) in [7, 11) is 0. The SMILES string of the molecule is NCCNC(=O)[C@H](Cc1ccccc1)NC(=O)Nc1ccccc1. The number of rotatable bonds is 7. The molecule has 0 fully saturated rings. The van der Waals surface area contributed by atoms with Crippen molar-refractivity contribution in [2.45, 2.75) is 12.5 Å². The first-order valence-corrected chi connectivity index (χ1v) is 7.83. The highest BCUT2D eigenvalue weighted by molar-refractivity contribution is 5.93. The molecule has 0 heterocycles. The number of urea groups is 1. The standard InChI is InChI=1S/C18H22N4O2/c19-11-12-20-17(23)16(13-14-7-3-1-4-8-14)22-18(24)21-15-9-5-2-6-10-15/h1-10,16H,11-13,19H2,(H,20,23)(H2,21,22,24)/t16-/m0/s1. The van der Waals surface area contributed by atoms with E-state index < -0.39 is 12.1 Å². The van der Waals surface area contributed by atoms with Crippen LogP contribution in [0.4, 0.5) is 10.5 Å². The summed E-state index contributed by atoms with van der Waals surface area (Å²) in [4.78, 5) is 24.4. The van der Waals surface area contributed by atoms with Crippen molar-refractivity contribution >= 4 is 17.6 Å². The van der Waals surface area contributed by atoms with Crippen molar-refractivity contribution in [3.8, 4) is 0 Å². The molecule has 2 aromatic rings. The van der Waals surface area contributed by atoms with Gasteiger partial charge in [0, 0.05) is 25.2 Å². The molecule has 0 aliphatic heterocycles. The van der Waals surface area contributed by atoms with Gasteiger partial charge in [-0.1, -0.05) is 48.5 Å². The molecule has 0 saturated heterocycles. The molecule has 24 heavy (non-hydrogen) atoms. The molecule has 2 aromatic carbocycles. The summed E-state index contributed by atoms with van der Waals surface area (Å²) in [6.07, 6.45) is 0.402. The Hall–Kier alpha value is -2.86. The van der Waals surface area contributed by atoms with Crippen LogP contribution < -0.4 is 21.7 Å². The minimum Gasteiger partial charge on any atom is -0.353 e. The van der Waals surface area contributed by atoms with E-state index in [0.717, 1.165) is 5.56 Å². The van der Waals surface area contributed by atoms with Crippen molar-refractivity contribution in [1.82, 2.24) is 10.6 Å². The van der Waals surface area contributed by atoms with Gasteiger partial charge in [0.2, 0.25) is 5.91 Å². The number of hydrogen-bond acceptors (Lipinski definition) is 3. The molecule has 6 heteroatoms. The van der Waals surface area contributed by atoms with Crippen molar-refractivity contribution in [3.05, 3.63) is 66.2 Å². The van der Waals surface area contributed by atoms with Crippen LogP contribution in [0.2, 0.25) is 0 Å². The average molecular weight is 326 g/mol. The Morgan fingerprint density at radius 3 is 2.21 bits per heavy atom. The first-order chi connectivity index (χ1) is 11.7. The Morgan fingerprint density at radius 1 is 0.958 bits per heavy atom. The maximum Gasteiger partial charge on any atom is 0.319 e. The molecule has 0 aromatic heterocycles. The number of para-hydroxylation sites is 1. The lowest BCUT2D eigenvalue weighted by Crippen LogP contribution is -2.50. The van der Waals surface area contributed by atoms with E-state index in [4.69, 9.17) is 5.73 Å². The number of hydrogen-bond donors (Lipinski definition) is 4. The second kappa shape index (κ2) is 9.32. The zero-order valence-corrected chi connectivity index (χ0v) is 13.4. The molecule has 126 valence electrons. The molecule has 0 unspecified atom stereocenters. The summed E-state index contributed by atoms with van der Waals surface area (Å²) in [5, 5.41) is 8.15. The fourth-order valence-corrected chi connectivity index (χ4v) is 2.22. The number of amides is 3. The normalized spacial score (nSPS) is 11.4. The van der Waals surface area contributed by atoms with Gasteiger partial charge in [-0.05, 0) is 17.7 Å². The van der Waals surface area contributed by atoms with Crippen LogP contribution in [0.15, 0.2) is 60.7 Å². The van der Waals surface area contributed by atoms with Crippen LogP contribution in [-0.2, 0) is 11.2 Å². The molecule has 2 rings (SSSR count). The van der Waals surface area contributed by atoms with Gasteiger partial charge in [-0.2, -0.15) is 0 Å². The van der Waals surface area contributed by atoms with Crippen molar-refractivity contribution in [1.29, 1.82) is 0 Å². The predicted molar refractivity (Wildman–Crippen MR) is 94.6 cm³/mol. The van der Waals surface area contributed by atoms with Gasteiger partial charge in [-0.15, -0.1) is 0 Å². The van der Waals surface area contributed by atoms with E-state index in [2.05, 4.69) is 16.0 Å². The highest BCUT2D eigenvalue weighted by Crippen LogP contribution is 2.06. The van der Waals surface area contributed by atoms with E-state index in [-0.39, 0.29) is 5.91 Å². The maximum atomic E-state index is 12.3. The second-order valence-electron chi connectivity index (χ2n) is 5.29. The van der Waals surface area contributed by atoms with Gasteiger partial charge < -0.3 is 21.7 Å². The molecule has 0 aliphatic carbocycles. The number of nitrogens with one attached hydrogen (secondary N) is 3. The fourth-order valence-electron chi connectivity index (χ4n) is 2.22. The van der Waals surface area contributed by atoms with Crippen molar-refractivity contribution in [3.63, 3.8) is 0 Å². The first kappa shape index (κ1) is 17.5. The lowest BCUT2D eigenvalue weighted by atomic mass is 10.1. The Bertz CT molecular complexity index is 647. The molecular formula is C18H22N4O2. The lowest BCUT2D eigenvalue weighted by molar-refractivity contribution is -0.122. The zero-order valence-electron chi connectivity index (χ0n) is 13.4. The largest absolute Gasteiger partial charge is 0.353 e. The number of nitrogens with two attached hydrogens (primary N) is 1. The average Bonchev–Trinajstić information content (AvgIpc) is 2.61. The Balaban J connectivity index is 2.01. The van der Waals surface area contributed by atoms with Crippen LogP contribution in [0.25, 0.3) is 0 Å². The summed E-state index contributed by atoms with van der Waals surface area (Å²) in [6, 6.07) is 17.5. The summed E-state index contributed by atoms with van der Waals surface area (Å²) in [5.41, 5.74) is 7.04. The molecule has 5 N–H and O–H groups in total. The van der Waals surface area contributed by atoms with Gasteiger partial charge in [0.1, 0.15) is 6.04 Å². The Labute approximate surface area is 141 Å². The van der Waals surface area contributed by atoms with Crippen LogP contribution >= 0.6 is 0 Å². The molecular weight excluding hydrogens is 304 g/mol. The highest BCUT2D eigenvalue weighted by atomic mass is 16.2. The van der Waals surface area contributed by atoms with Gasteiger partial charge in [-0.3, -0.25) is 4.79 Å². The van der Waals surface area contributed by atoms with E-state index in [1.165, 1.54) is 0 Å². The van der Waals surface area contributed by atoms with Gasteiger partial charge in [0.15, 0.2) is 0 Å². The zero-order chi connectivity index (χ0) is 17.2. The van der Waals surface area contributed by atoms with E-state index in [1.807, 2.05) is 48.5 Å². The summed E-state index contributed by atoms with van der Waals surface area (Å²) >= 11 is 0. The number of anilines is 1. The van der Waals surface area contributed by atoms with Crippen molar-refractivity contribution in [2.75, 3.05) is 18.4 Å². The quantitative estimate of drug-likeness (QED) is 0.621. The van der Waals surface area contributed by atoms with Crippen LogP contribution in [0.5, 0.6) is 0 Å². The molecule has 1 atom stereocenters. The monoisotopic (exact) mass is 326 g/mol. The Morgan fingerprint density at radius 2 is 1.58 bits per heavy atom. The predicted octanol–water partition coefficient (Wildman–Crippen LogP) is 1.49. The molecule has 0 radical (unpaired) electrons. The minimum atomic E-state index is -0.678.